The summed E-state index contributed by atoms with van der Waals surface area (Å²) in [4.78, 5) is 10.5. The Balaban J connectivity index is 2.44. The molecule has 0 saturated heterocycles. The highest BCUT2D eigenvalue weighted by molar-refractivity contribution is 5.85. The van der Waals surface area contributed by atoms with Crippen molar-refractivity contribution in [3.63, 3.8) is 0 Å². The third-order valence-electron chi connectivity index (χ3n) is 1.89. The second kappa shape index (κ2) is 2.60. The van der Waals surface area contributed by atoms with Crippen molar-refractivity contribution in [1.82, 2.24) is 10.2 Å². The first kappa shape index (κ1) is 7.30. The summed E-state index contributed by atoms with van der Waals surface area (Å²) in [5.41, 5.74) is 1.45. The van der Waals surface area contributed by atoms with Gasteiger partial charge in [-0.1, -0.05) is 0 Å². The standard InChI is InChI=1S/C7H8N2O3/c10-7(11)6-4-3-12-2-1-5(4)8-9-6/h1-3H2,(H,8,9)(H,10,11)/p-1. The zero-order chi connectivity index (χ0) is 8.55. The molecule has 1 aliphatic heterocycles. The van der Waals surface area contributed by atoms with Gasteiger partial charge in [-0.15, -0.1) is 0 Å². The topological polar surface area (TPSA) is 78.0 Å². The Hall–Kier alpha value is -1.36. The lowest BCUT2D eigenvalue weighted by Gasteiger charge is -2.12. The van der Waals surface area contributed by atoms with Crippen molar-refractivity contribution < 1.29 is 14.6 Å². The normalized spacial score (nSPS) is 15.7. The maximum absolute atomic E-state index is 10.5. The number of hydrogen-bond donors (Lipinski definition) is 1. The lowest BCUT2D eigenvalue weighted by Crippen LogP contribution is -2.25. The molecule has 0 aliphatic carbocycles. The van der Waals surface area contributed by atoms with Gasteiger partial charge in [-0.25, -0.2) is 0 Å². The van der Waals surface area contributed by atoms with Crippen LogP contribution in [0.4, 0.5) is 0 Å². The molecule has 12 heavy (non-hydrogen) atoms. The number of H-pyrrole nitrogens is 1. The minimum atomic E-state index is -1.25. The number of carboxylic acids is 1. The van der Waals surface area contributed by atoms with Crippen molar-refractivity contribution in [1.29, 1.82) is 0 Å². The SMILES string of the molecule is O=C([O-])c1n[nH]c2c1COCC2. The van der Waals surface area contributed by atoms with E-state index in [4.69, 9.17) is 4.74 Å². The Kier molecular flexibility index (Phi) is 1.58. The molecule has 0 bridgehead atoms. The van der Waals surface area contributed by atoms with E-state index in [9.17, 15) is 9.90 Å². The van der Waals surface area contributed by atoms with Crippen molar-refractivity contribution in [2.45, 2.75) is 13.0 Å². The van der Waals surface area contributed by atoms with Crippen molar-refractivity contribution in [3.8, 4) is 0 Å². The van der Waals surface area contributed by atoms with Crippen molar-refractivity contribution >= 4 is 5.97 Å². The first-order valence-electron chi connectivity index (χ1n) is 3.64. The van der Waals surface area contributed by atoms with E-state index in [1.165, 1.54) is 0 Å². The Morgan fingerprint density at radius 3 is 3.25 bits per heavy atom. The van der Waals surface area contributed by atoms with Crippen LogP contribution in [0.3, 0.4) is 0 Å². The molecule has 2 heterocycles. The third kappa shape index (κ3) is 0.984. The third-order valence-corrected chi connectivity index (χ3v) is 1.89. The van der Waals surface area contributed by atoms with Crippen LogP contribution in [0.5, 0.6) is 0 Å². The number of carbonyl (C=O) groups excluding carboxylic acids is 1. The summed E-state index contributed by atoms with van der Waals surface area (Å²) in [6, 6.07) is 0. The predicted octanol–water partition coefficient (Wildman–Crippen LogP) is -1.15. The van der Waals surface area contributed by atoms with E-state index < -0.39 is 5.97 Å². The quantitative estimate of drug-likeness (QED) is 0.572. The maximum atomic E-state index is 10.5. The van der Waals surface area contributed by atoms with Crippen LogP contribution in [0.25, 0.3) is 0 Å². The van der Waals surface area contributed by atoms with E-state index in [1.54, 1.807) is 0 Å². The molecule has 0 unspecified atom stereocenters. The van der Waals surface area contributed by atoms with Gasteiger partial charge in [0, 0.05) is 17.7 Å². The van der Waals surface area contributed by atoms with Crippen molar-refractivity contribution in [3.05, 3.63) is 17.0 Å². The van der Waals surface area contributed by atoms with E-state index in [0.29, 0.717) is 25.2 Å². The van der Waals surface area contributed by atoms with Crippen LogP contribution >= 0.6 is 0 Å². The number of carbonyl (C=O) groups is 1. The van der Waals surface area contributed by atoms with Gasteiger partial charge in [0.25, 0.3) is 0 Å². The van der Waals surface area contributed by atoms with Crippen LogP contribution in [-0.4, -0.2) is 22.8 Å². The molecule has 0 amide bonds. The Morgan fingerprint density at radius 1 is 1.67 bits per heavy atom. The minimum Gasteiger partial charge on any atom is -0.543 e. The molecule has 1 aromatic heterocycles. The fraction of sp³-hybridized carbons (Fsp3) is 0.429. The number of fused-ring (bicyclic) bond motifs is 1. The Labute approximate surface area is 68.4 Å². The molecule has 0 saturated carbocycles. The van der Waals surface area contributed by atoms with Crippen LogP contribution in [0.2, 0.25) is 0 Å². The lowest BCUT2D eigenvalue weighted by molar-refractivity contribution is -0.255. The van der Waals surface area contributed by atoms with Crippen LogP contribution in [0.1, 0.15) is 21.7 Å². The molecule has 64 valence electrons. The van der Waals surface area contributed by atoms with Gasteiger partial charge in [0.05, 0.1) is 19.2 Å². The van der Waals surface area contributed by atoms with Crippen molar-refractivity contribution in [2.75, 3.05) is 6.61 Å². The number of carboxylic acid groups (broad SMARTS) is 1. The summed E-state index contributed by atoms with van der Waals surface area (Å²) >= 11 is 0. The minimum absolute atomic E-state index is 0.0234. The smallest absolute Gasteiger partial charge is 0.113 e. The first-order valence-corrected chi connectivity index (χ1v) is 3.64. The Bertz CT molecular complexity index is 318. The highest BCUT2D eigenvalue weighted by Gasteiger charge is 2.17. The fourth-order valence-corrected chi connectivity index (χ4v) is 1.28. The van der Waals surface area contributed by atoms with Crippen molar-refractivity contribution in [2.24, 2.45) is 0 Å². The molecule has 5 nitrogen and oxygen atoms in total. The molecule has 2 rings (SSSR count). The summed E-state index contributed by atoms with van der Waals surface area (Å²) in [6.45, 7) is 0.927. The van der Waals surface area contributed by atoms with Crippen LogP contribution in [-0.2, 0) is 17.8 Å². The molecular weight excluding hydrogens is 160 g/mol. The van der Waals surface area contributed by atoms with E-state index in [1.807, 2.05) is 0 Å². The van der Waals surface area contributed by atoms with Crippen LogP contribution in [0, 0.1) is 0 Å². The summed E-state index contributed by atoms with van der Waals surface area (Å²) < 4.78 is 5.09. The number of aromatic carboxylic acids is 1. The lowest BCUT2D eigenvalue weighted by atomic mass is 10.1. The van der Waals surface area contributed by atoms with Gasteiger partial charge in [-0.2, -0.15) is 5.10 Å². The summed E-state index contributed by atoms with van der Waals surface area (Å²) in [5.74, 6) is -1.25. The van der Waals surface area contributed by atoms with Gasteiger partial charge in [-0.05, 0) is 0 Å². The number of aromatic amines is 1. The molecule has 1 N–H and O–H groups in total. The number of ether oxygens (including phenoxy) is 1. The fourth-order valence-electron chi connectivity index (χ4n) is 1.28. The molecule has 5 heteroatoms. The molecule has 1 aliphatic rings. The zero-order valence-electron chi connectivity index (χ0n) is 6.29. The largest absolute Gasteiger partial charge is 0.543 e. The highest BCUT2D eigenvalue weighted by Crippen LogP contribution is 2.16. The summed E-state index contributed by atoms with van der Waals surface area (Å²) in [5, 5.41) is 16.8. The Morgan fingerprint density at radius 2 is 2.50 bits per heavy atom. The summed E-state index contributed by atoms with van der Waals surface area (Å²) in [6.07, 6.45) is 0.690. The number of rotatable bonds is 1. The number of nitrogens with zero attached hydrogens (tertiary/aromatic N) is 1. The van der Waals surface area contributed by atoms with Gasteiger partial charge < -0.3 is 14.6 Å². The molecule has 0 atom stereocenters. The van der Waals surface area contributed by atoms with E-state index in [-0.39, 0.29) is 5.69 Å². The van der Waals surface area contributed by atoms with Gasteiger partial charge >= 0.3 is 0 Å². The molecule has 0 fully saturated rings. The molecule has 0 spiro atoms. The molecular formula is C7H7N2O3-. The molecule has 0 radical (unpaired) electrons. The molecule has 1 aromatic rings. The van der Waals surface area contributed by atoms with Crippen LogP contribution in [0.15, 0.2) is 0 Å². The number of nitrogens with one attached hydrogen (secondary N) is 1. The average Bonchev–Trinajstić information content (AvgIpc) is 2.47. The van der Waals surface area contributed by atoms with E-state index in [2.05, 4.69) is 10.2 Å². The zero-order valence-corrected chi connectivity index (χ0v) is 6.29. The van der Waals surface area contributed by atoms with Gasteiger partial charge in [0.15, 0.2) is 0 Å². The maximum Gasteiger partial charge on any atom is 0.113 e. The van der Waals surface area contributed by atoms with Crippen LogP contribution < -0.4 is 5.11 Å². The second-order valence-corrected chi connectivity index (χ2v) is 2.62. The van der Waals surface area contributed by atoms with Gasteiger partial charge in [0.1, 0.15) is 5.69 Å². The predicted molar refractivity (Wildman–Crippen MR) is 36.3 cm³/mol. The van der Waals surface area contributed by atoms with Gasteiger partial charge in [-0.3, -0.25) is 5.10 Å². The van der Waals surface area contributed by atoms with Gasteiger partial charge in [0.2, 0.25) is 0 Å². The van der Waals surface area contributed by atoms with E-state index in [0.717, 1.165) is 5.69 Å². The summed E-state index contributed by atoms with van der Waals surface area (Å²) in [7, 11) is 0. The van der Waals surface area contributed by atoms with E-state index >= 15 is 0 Å². The first-order chi connectivity index (χ1) is 5.79. The average molecular weight is 167 g/mol. The molecule has 0 aromatic carbocycles. The second-order valence-electron chi connectivity index (χ2n) is 2.62. The monoisotopic (exact) mass is 167 g/mol. The number of hydrogen-bond acceptors (Lipinski definition) is 4. The number of aromatic nitrogens is 2. The highest BCUT2D eigenvalue weighted by atomic mass is 16.5.